The first-order chi connectivity index (χ1) is 9.22. The van der Waals surface area contributed by atoms with Crippen LogP contribution in [-0.2, 0) is 0 Å². The van der Waals surface area contributed by atoms with Crippen molar-refractivity contribution in [2.45, 2.75) is 12.8 Å². The molecule has 1 aromatic rings. The number of nitrogens with zero attached hydrogens (tertiary/aromatic N) is 1. The average molecular weight is 316 g/mol. The first-order valence-corrected chi connectivity index (χ1v) is 7.25. The molecular weight excluding hydrogens is 297 g/mol. The molecule has 0 bridgehead atoms. The van der Waals surface area contributed by atoms with E-state index in [1.807, 2.05) is 0 Å². The molecule has 0 spiro atoms. The number of carbonyl (C=O) groups is 1. The van der Waals surface area contributed by atoms with Crippen molar-refractivity contribution in [3.8, 4) is 5.75 Å². The molecule has 2 aliphatic rings. The molecule has 3 rings (SSSR count). The van der Waals surface area contributed by atoms with Crippen molar-refractivity contribution in [3.63, 3.8) is 0 Å². The lowest BCUT2D eigenvalue weighted by molar-refractivity contribution is 0.108. The second kappa shape index (κ2) is 6.79. The summed E-state index contributed by atoms with van der Waals surface area (Å²) in [4.78, 5) is 13.5. The maximum atomic E-state index is 10.9. The Kier molecular flexibility index (Phi) is 5.30. The molecule has 3 nitrogen and oxygen atoms in total. The lowest BCUT2D eigenvalue weighted by Gasteiger charge is -2.17. The van der Waals surface area contributed by atoms with E-state index in [0.717, 1.165) is 37.2 Å². The van der Waals surface area contributed by atoms with Gasteiger partial charge in [0.15, 0.2) is 0 Å². The predicted molar refractivity (Wildman–Crippen MR) is 82.0 cm³/mol. The van der Waals surface area contributed by atoms with Gasteiger partial charge in [0.25, 0.3) is 5.24 Å². The Hall–Kier alpha value is -0.770. The molecule has 0 aromatic heterocycles. The Bertz CT molecular complexity index is 453. The van der Waals surface area contributed by atoms with Gasteiger partial charge in [0.05, 0.1) is 6.61 Å². The molecule has 1 aliphatic heterocycles. The van der Waals surface area contributed by atoms with Crippen molar-refractivity contribution in [1.82, 2.24) is 4.90 Å². The number of carbonyl (C=O) groups excluding carboxylic acids is 1. The van der Waals surface area contributed by atoms with Gasteiger partial charge < -0.3 is 9.64 Å². The zero-order chi connectivity index (χ0) is 13.2. The Balaban J connectivity index is 0.00000147. The SMILES string of the molecule is Cl.O=C(Cl)c1ccc(OCCCN2C[C@H]3C[C@H]3C2)cc1. The van der Waals surface area contributed by atoms with Crippen LogP contribution in [0, 0.1) is 11.8 Å². The minimum atomic E-state index is -0.431. The zero-order valence-electron chi connectivity index (χ0n) is 11.3. The molecule has 2 fully saturated rings. The highest BCUT2D eigenvalue weighted by molar-refractivity contribution is 6.67. The summed E-state index contributed by atoms with van der Waals surface area (Å²) in [6.45, 7) is 4.43. The van der Waals surface area contributed by atoms with Gasteiger partial charge in [-0.25, -0.2) is 0 Å². The van der Waals surface area contributed by atoms with Crippen LogP contribution < -0.4 is 4.74 Å². The number of hydrogen-bond donors (Lipinski definition) is 0. The molecular formula is C15H19Cl2NO2. The number of piperidine rings is 1. The smallest absolute Gasteiger partial charge is 0.252 e. The summed E-state index contributed by atoms with van der Waals surface area (Å²) < 4.78 is 5.66. The van der Waals surface area contributed by atoms with E-state index in [1.54, 1.807) is 24.3 Å². The van der Waals surface area contributed by atoms with Crippen LogP contribution in [-0.4, -0.2) is 36.4 Å². The van der Waals surface area contributed by atoms with Gasteiger partial charge in [0.1, 0.15) is 5.75 Å². The molecule has 0 N–H and O–H groups in total. The summed E-state index contributed by atoms with van der Waals surface area (Å²) in [5.74, 6) is 2.80. The Labute approximate surface area is 130 Å². The van der Waals surface area contributed by atoms with E-state index in [0.29, 0.717) is 5.56 Å². The summed E-state index contributed by atoms with van der Waals surface area (Å²) in [6, 6.07) is 6.97. The van der Waals surface area contributed by atoms with Crippen LogP contribution in [0.5, 0.6) is 5.75 Å². The monoisotopic (exact) mass is 315 g/mol. The molecule has 1 saturated heterocycles. The quantitative estimate of drug-likeness (QED) is 0.596. The molecule has 0 amide bonds. The van der Waals surface area contributed by atoms with Gasteiger partial charge in [-0.3, -0.25) is 4.79 Å². The Morgan fingerprint density at radius 1 is 1.25 bits per heavy atom. The molecule has 0 radical (unpaired) electrons. The van der Waals surface area contributed by atoms with Gasteiger partial charge in [-0.1, -0.05) is 0 Å². The second-order valence-corrected chi connectivity index (χ2v) is 5.86. The number of ether oxygens (including phenoxy) is 1. The van der Waals surface area contributed by atoms with E-state index in [-0.39, 0.29) is 12.4 Å². The minimum absolute atomic E-state index is 0. The maximum absolute atomic E-state index is 10.9. The third kappa shape index (κ3) is 3.87. The van der Waals surface area contributed by atoms with Crippen molar-refractivity contribution >= 4 is 29.3 Å². The van der Waals surface area contributed by atoms with E-state index in [1.165, 1.54) is 19.5 Å². The Morgan fingerprint density at radius 3 is 2.50 bits per heavy atom. The number of fused-ring (bicyclic) bond motifs is 1. The highest BCUT2D eigenvalue weighted by Gasteiger charge is 2.44. The van der Waals surface area contributed by atoms with Crippen LogP contribution in [0.15, 0.2) is 24.3 Å². The first kappa shape index (κ1) is 15.6. The van der Waals surface area contributed by atoms with Crippen LogP contribution in [0.4, 0.5) is 0 Å². The van der Waals surface area contributed by atoms with Crippen LogP contribution in [0.3, 0.4) is 0 Å². The van der Waals surface area contributed by atoms with Crippen molar-refractivity contribution in [3.05, 3.63) is 29.8 Å². The number of likely N-dealkylation sites (tertiary alicyclic amines) is 1. The van der Waals surface area contributed by atoms with Gasteiger partial charge in [-0.15, -0.1) is 12.4 Å². The summed E-state index contributed by atoms with van der Waals surface area (Å²) in [5.41, 5.74) is 0.505. The van der Waals surface area contributed by atoms with E-state index in [9.17, 15) is 4.79 Å². The fourth-order valence-corrected chi connectivity index (χ4v) is 2.96. The van der Waals surface area contributed by atoms with Crippen molar-refractivity contribution < 1.29 is 9.53 Å². The molecule has 110 valence electrons. The fourth-order valence-electron chi connectivity index (χ4n) is 2.84. The second-order valence-electron chi connectivity index (χ2n) is 5.52. The standard InChI is InChI=1S/C15H18ClNO2.ClH/c16-15(18)11-2-4-14(5-3-11)19-7-1-6-17-9-12-8-13(12)10-17;/h2-5,12-13H,1,6-10H2;1H/t12-,13+;. The molecule has 1 saturated carbocycles. The molecule has 5 heteroatoms. The summed E-state index contributed by atoms with van der Waals surface area (Å²) in [5, 5.41) is -0.431. The normalized spacial score (nSPS) is 23.9. The van der Waals surface area contributed by atoms with E-state index >= 15 is 0 Å². The fraction of sp³-hybridized carbons (Fsp3) is 0.533. The van der Waals surface area contributed by atoms with Gasteiger partial charge >= 0.3 is 0 Å². The zero-order valence-corrected chi connectivity index (χ0v) is 12.8. The maximum Gasteiger partial charge on any atom is 0.252 e. The Morgan fingerprint density at radius 2 is 1.90 bits per heavy atom. The first-order valence-electron chi connectivity index (χ1n) is 6.87. The number of hydrogen-bond acceptors (Lipinski definition) is 3. The molecule has 1 aliphatic carbocycles. The number of benzene rings is 1. The molecule has 1 heterocycles. The largest absolute Gasteiger partial charge is 0.494 e. The van der Waals surface area contributed by atoms with Crippen molar-refractivity contribution in [2.24, 2.45) is 11.8 Å². The summed E-state index contributed by atoms with van der Waals surface area (Å²) in [7, 11) is 0. The van der Waals surface area contributed by atoms with Gasteiger partial charge in [0, 0.05) is 25.2 Å². The third-order valence-corrected chi connectivity index (χ3v) is 4.24. The predicted octanol–water partition coefficient (Wildman–Crippen LogP) is 3.21. The van der Waals surface area contributed by atoms with E-state index < -0.39 is 5.24 Å². The van der Waals surface area contributed by atoms with Crippen LogP contribution in [0.2, 0.25) is 0 Å². The van der Waals surface area contributed by atoms with Crippen molar-refractivity contribution in [2.75, 3.05) is 26.2 Å². The van der Waals surface area contributed by atoms with Gasteiger partial charge in [-0.2, -0.15) is 0 Å². The molecule has 20 heavy (non-hydrogen) atoms. The lowest BCUT2D eigenvalue weighted by atomic mass is 10.2. The summed E-state index contributed by atoms with van der Waals surface area (Å²) in [6.07, 6.45) is 2.51. The lowest BCUT2D eigenvalue weighted by Crippen LogP contribution is -2.25. The topological polar surface area (TPSA) is 29.5 Å². The van der Waals surface area contributed by atoms with Crippen molar-refractivity contribution in [1.29, 1.82) is 0 Å². The molecule has 2 atom stereocenters. The average Bonchev–Trinajstić information content (AvgIpc) is 3.02. The van der Waals surface area contributed by atoms with Crippen LogP contribution in [0.1, 0.15) is 23.2 Å². The highest BCUT2D eigenvalue weighted by Crippen LogP contribution is 2.44. The summed E-state index contributed by atoms with van der Waals surface area (Å²) >= 11 is 5.39. The third-order valence-electron chi connectivity index (χ3n) is 4.02. The number of halogens is 2. The van der Waals surface area contributed by atoms with Gasteiger partial charge in [-0.05, 0) is 60.5 Å². The highest BCUT2D eigenvalue weighted by atomic mass is 35.5. The molecule has 1 aromatic carbocycles. The van der Waals surface area contributed by atoms with Crippen LogP contribution >= 0.6 is 24.0 Å². The van der Waals surface area contributed by atoms with E-state index in [2.05, 4.69) is 4.90 Å². The minimum Gasteiger partial charge on any atom is -0.494 e. The van der Waals surface area contributed by atoms with Crippen LogP contribution in [0.25, 0.3) is 0 Å². The number of rotatable bonds is 6. The van der Waals surface area contributed by atoms with Gasteiger partial charge in [0.2, 0.25) is 0 Å². The van der Waals surface area contributed by atoms with E-state index in [4.69, 9.17) is 16.3 Å². The molecule has 0 unspecified atom stereocenters.